The number of carbonyl (C=O) groups excluding carboxylic acids is 1. The summed E-state index contributed by atoms with van der Waals surface area (Å²) in [5.41, 5.74) is 0. The predicted octanol–water partition coefficient (Wildman–Crippen LogP) is 1.29. The van der Waals surface area contributed by atoms with Gasteiger partial charge >= 0.3 is 0 Å². The van der Waals surface area contributed by atoms with Crippen LogP contribution in [0.15, 0.2) is 3.94 Å². The van der Waals surface area contributed by atoms with Gasteiger partial charge in [0.25, 0.3) is 0 Å². The van der Waals surface area contributed by atoms with Gasteiger partial charge in [0.15, 0.2) is 9.88 Å². The number of halogens is 2. The fourth-order valence-corrected chi connectivity index (χ4v) is 0. The van der Waals surface area contributed by atoms with Crippen molar-refractivity contribution in [3.05, 3.63) is 3.94 Å². The highest BCUT2D eigenvalue weighted by Gasteiger charge is 1.70. The molecule has 0 heterocycles. The van der Waals surface area contributed by atoms with Crippen LogP contribution < -0.4 is 0 Å². The third kappa shape index (κ3) is 4.22. The van der Waals surface area contributed by atoms with Crippen LogP contribution in [0.25, 0.3) is 0 Å². The molecule has 0 fully saturated rings. The Balaban J connectivity index is 3.60. The lowest BCUT2D eigenvalue weighted by Gasteiger charge is -1.54. The van der Waals surface area contributed by atoms with Crippen molar-refractivity contribution < 1.29 is 4.79 Å². The number of hydrogen-bond donors (Lipinski definition) is 0. The van der Waals surface area contributed by atoms with E-state index < -0.39 is 0 Å². The standard InChI is InChI=1S/C2BrClO/c3-2(4)1-5. The molecule has 0 N–H and O–H groups in total. The van der Waals surface area contributed by atoms with Crippen molar-refractivity contribution in [1.82, 2.24) is 0 Å². The summed E-state index contributed by atoms with van der Waals surface area (Å²) >= 11 is 7.50. The highest BCUT2D eigenvalue weighted by atomic mass is 79.9. The lowest BCUT2D eigenvalue weighted by molar-refractivity contribution is 0.569. The molecule has 5 heavy (non-hydrogen) atoms. The van der Waals surface area contributed by atoms with Gasteiger partial charge in [-0.15, -0.1) is 0 Å². The molecule has 0 amide bonds. The third-order valence-corrected chi connectivity index (χ3v) is 0.316. The molecule has 0 aromatic rings. The van der Waals surface area contributed by atoms with Crippen molar-refractivity contribution >= 4 is 33.5 Å². The van der Waals surface area contributed by atoms with E-state index in [2.05, 4.69) is 15.9 Å². The zero-order chi connectivity index (χ0) is 4.28. The van der Waals surface area contributed by atoms with Gasteiger partial charge in [-0.25, -0.2) is 4.79 Å². The lowest BCUT2D eigenvalue weighted by atomic mass is 11.2. The fourth-order valence-electron chi connectivity index (χ4n) is 0. The number of rotatable bonds is 0. The van der Waals surface area contributed by atoms with Crippen LogP contribution in [-0.4, -0.2) is 5.94 Å². The van der Waals surface area contributed by atoms with Gasteiger partial charge in [0.1, 0.15) is 0 Å². The molecular formula is C2BrClO. The summed E-state index contributed by atoms with van der Waals surface area (Å²) in [4.78, 5) is 9.16. The molecule has 0 aromatic carbocycles. The summed E-state index contributed by atoms with van der Waals surface area (Å²) in [5, 5.41) is 0. The van der Waals surface area contributed by atoms with Crippen LogP contribution in [0.5, 0.6) is 0 Å². The summed E-state index contributed by atoms with van der Waals surface area (Å²) in [6.45, 7) is 0. The van der Waals surface area contributed by atoms with E-state index in [1.54, 1.807) is 0 Å². The molecule has 0 saturated carbocycles. The zero-order valence-corrected chi connectivity index (χ0v) is 4.51. The monoisotopic (exact) mass is 154 g/mol. The highest BCUT2D eigenvalue weighted by Crippen LogP contribution is 2.01. The molecule has 0 aliphatic heterocycles. The molecule has 0 rings (SSSR count). The molecule has 28 valence electrons. The van der Waals surface area contributed by atoms with E-state index in [4.69, 9.17) is 16.4 Å². The van der Waals surface area contributed by atoms with Crippen LogP contribution in [-0.2, 0) is 4.79 Å². The fraction of sp³-hybridized carbons (Fsp3) is 0. The van der Waals surface area contributed by atoms with Gasteiger partial charge in [0, 0.05) is 0 Å². The molecule has 1 nitrogen and oxygen atoms in total. The van der Waals surface area contributed by atoms with E-state index in [0.717, 1.165) is 0 Å². The maximum atomic E-state index is 9.16. The quantitative estimate of drug-likeness (QED) is 0.482. The van der Waals surface area contributed by atoms with Gasteiger partial charge in [-0.3, -0.25) is 0 Å². The van der Waals surface area contributed by atoms with Crippen LogP contribution in [0, 0.1) is 0 Å². The van der Waals surface area contributed by atoms with Gasteiger partial charge in [-0.1, -0.05) is 11.6 Å². The topological polar surface area (TPSA) is 17.1 Å². The largest absolute Gasteiger partial charge is 0.231 e. The van der Waals surface area contributed by atoms with E-state index in [1.807, 2.05) is 0 Å². The molecule has 0 radical (unpaired) electrons. The SMILES string of the molecule is O=C=C(Cl)Br. The van der Waals surface area contributed by atoms with Gasteiger partial charge in [0.05, 0.1) is 0 Å². The molecule has 0 saturated heterocycles. The van der Waals surface area contributed by atoms with Crippen LogP contribution in [0.3, 0.4) is 0 Å². The van der Waals surface area contributed by atoms with Crippen LogP contribution >= 0.6 is 27.5 Å². The maximum Gasteiger partial charge on any atom is 0.167 e. The van der Waals surface area contributed by atoms with Crippen molar-refractivity contribution in [3.63, 3.8) is 0 Å². The second-order valence-electron chi connectivity index (χ2n) is 0.362. The van der Waals surface area contributed by atoms with Crippen LogP contribution in [0.1, 0.15) is 0 Å². The average molecular weight is 155 g/mol. The van der Waals surface area contributed by atoms with E-state index in [0.29, 0.717) is 0 Å². The van der Waals surface area contributed by atoms with Crippen molar-refractivity contribution in [1.29, 1.82) is 0 Å². The Bertz CT molecular complexity index is 69.7. The first kappa shape index (κ1) is 5.22. The average Bonchev–Trinajstić information content (AvgIpc) is 1.38. The molecule has 0 aromatic heterocycles. The molecule has 3 heteroatoms. The smallest absolute Gasteiger partial charge is 0.167 e. The molecule has 0 bridgehead atoms. The Hall–Kier alpha value is 0.220. The molecular weight excluding hydrogens is 155 g/mol. The van der Waals surface area contributed by atoms with E-state index in [-0.39, 0.29) is 3.94 Å². The predicted molar refractivity (Wildman–Crippen MR) is 24.0 cm³/mol. The Kier molecular flexibility index (Phi) is 2.57. The first-order valence-corrected chi connectivity index (χ1v) is 2.00. The molecule has 0 unspecified atom stereocenters. The van der Waals surface area contributed by atoms with Crippen molar-refractivity contribution in [2.45, 2.75) is 0 Å². The first-order chi connectivity index (χ1) is 2.27. The summed E-state index contributed by atoms with van der Waals surface area (Å²) < 4.78 is -0.0162. The summed E-state index contributed by atoms with van der Waals surface area (Å²) in [5.74, 6) is 1.38. The normalized spacial score (nSPS) is 6.00. The van der Waals surface area contributed by atoms with Crippen molar-refractivity contribution in [2.24, 2.45) is 0 Å². The van der Waals surface area contributed by atoms with E-state index >= 15 is 0 Å². The summed E-state index contributed by atoms with van der Waals surface area (Å²) in [6, 6.07) is 0. The Morgan fingerprint density at radius 2 is 2.20 bits per heavy atom. The summed E-state index contributed by atoms with van der Waals surface area (Å²) in [7, 11) is 0. The van der Waals surface area contributed by atoms with Gasteiger partial charge < -0.3 is 0 Å². The minimum atomic E-state index is -0.0162. The third-order valence-electron chi connectivity index (χ3n) is 0.0772. The van der Waals surface area contributed by atoms with Crippen LogP contribution in [0.4, 0.5) is 0 Å². The second-order valence-corrected chi connectivity index (χ2v) is 1.99. The Labute approximate surface area is 42.7 Å². The summed E-state index contributed by atoms with van der Waals surface area (Å²) in [6.07, 6.45) is 0. The second kappa shape index (κ2) is 2.46. The van der Waals surface area contributed by atoms with Gasteiger partial charge in [-0.05, 0) is 15.9 Å². The Morgan fingerprint density at radius 1 is 2.00 bits per heavy atom. The van der Waals surface area contributed by atoms with Gasteiger partial charge in [0.2, 0.25) is 0 Å². The van der Waals surface area contributed by atoms with E-state index in [9.17, 15) is 0 Å². The van der Waals surface area contributed by atoms with E-state index in [1.165, 1.54) is 5.94 Å². The van der Waals surface area contributed by atoms with Crippen molar-refractivity contribution in [2.75, 3.05) is 0 Å². The zero-order valence-electron chi connectivity index (χ0n) is 2.16. The minimum Gasteiger partial charge on any atom is -0.231 e. The van der Waals surface area contributed by atoms with Gasteiger partial charge in [-0.2, -0.15) is 0 Å². The van der Waals surface area contributed by atoms with Crippen LogP contribution in [0.2, 0.25) is 0 Å². The lowest BCUT2D eigenvalue weighted by Crippen LogP contribution is -1.42. The minimum absolute atomic E-state index is 0.0162. The maximum absolute atomic E-state index is 9.16. The Morgan fingerprint density at radius 3 is 2.20 bits per heavy atom. The molecule has 0 aliphatic rings. The first-order valence-electron chi connectivity index (χ1n) is 0.832. The number of hydrogen-bond acceptors (Lipinski definition) is 1. The molecule has 0 atom stereocenters. The highest BCUT2D eigenvalue weighted by molar-refractivity contribution is 9.12. The van der Waals surface area contributed by atoms with Crippen molar-refractivity contribution in [3.8, 4) is 0 Å². The molecule has 0 spiro atoms. The molecule has 0 aliphatic carbocycles.